The molecule has 5 heteroatoms. The van der Waals surface area contributed by atoms with Gasteiger partial charge in [0.25, 0.3) is 5.91 Å². The van der Waals surface area contributed by atoms with Gasteiger partial charge in [-0.1, -0.05) is 54.7 Å². The first-order valence-electron chi connectivity index (χ1n) is 9.06. The lowest BCUT2D eigenvalue weighted by Crippen LogP contribution is -2.31. The largest absolute Gasteiger partial charge is 0.268 e. The van der Waals surface area contributed by atoms with Crippen LogP contribution < -0.4 is 4.90 Å². The van der Waals surface area contributed by atoms with Crippen molar-refractivity contribution >= 4 is 57.1 Å². The number of amidine groups is 1. The number of anilines is 1. The van der Waals surface area contributed by atoms with Crippen molar-refractivity contribution in [1.82, 2.24) is 0 Å². The molecule has 2 heterocycles. The van der Waals surface area contributed by atoms with Crippen LogP contribution in [-0.2, 0) is 6.42 Å². The first kappa shape index (κ1) is 16.8. The lowest BCUT2D eigenvalue weighted by molar-refractivity contribution is 0.101. The molecule has 5 rings (SSSR count). The second kappa shape index (κ2) is 6.08. The van der Waals surface area contributed by atoms with Crippen LogP contribution in [0.5, 0.6) is 0 Å². The zero-order valence-electron chi connectivity index (χ0n) is 14.7. The van der Waals surface area contributed by atoms with E-state index in [0.29, 0.717) is 21.4 Å². The van der Waals surface area contributed by atoms with Gasteiger partial charge in [-0.2, -0.15) is 0 Å². The third kappa shape index (κ3) is 2.42. The van der Waals surface area contributed by atoms with Gasteiger partial charge < -0.3 is 0 Å². The van der Waals surface area contributed by atoms with Gasteiger partial charge in [-0.3, -0.25) is 9.69 Å². The van der Waals surface area contributed by atoms with Crippen molar-refractivity contribution in [2.24, 2.45) is 4.99 Å². The summed E-state index contributed by atoms with van der Waals surface area (Å²) < 4.78 is 0. The van der Waals surface area contributed by atoms with Crippen molar-refractivity contribution in [3.05, 3.63) is 69.2 Å². The fraction of sp³-hybridized carbons (Fsp3) is 0.182. The number of aryl methyl sites for hydroxylation is 1. The van der Waals surface area contributed by atoms with E-state index in [-0.39, 0.29) is 5.91 Å². The quantitative estimate of drug-likeness (QED) is 0.496. The molecule has 27 heavy (non-hydrogen) atoms. The second-order valence-electron chi connectivity index (χ2n) is 6.98. The standard InChI is InChI=1S/C22H16Cl2N2O/c1-2-3-5-12-8-13-6-4-7-19-20(13)18(9-12)25-21-14-10-16(23)17(24)11-15(14)22(27)26(19)21/h4,6-11H,2-3,5H2,1H3. The zero-order valence-corrected chi connectivity index (χ0v) is 16.2. The molecular formula is C22H16Cl2N2O. The second-order valence-corrected chi connectivity index (χ2v) is 7.80. The van der Waals surface area contributed by atoms with Crippen molar-refractivity contribution in [3.8, 4) is 0 Å². The third-order valence-corrected chi connectivity index (χ3v) is 5.95. The average molecular weight is 395 g/mol. The van der Waals surface area contributed by atoms with Gasteiger partial charge in [-0.15, -0.1) is 0 Å². The highest BCUT2D eigenvalue weighted by Crippen LogP contribution is 2.44. The summed E-state index contributed by atoms with van der Waals surface area (Å²) in [6.07, 6.45) is 3.31. The molecule has 0 N–H and O–H groups in total. The Kier molecular flexibility index (Phi) is 3.78. The summed E-state index contributed by atoms with van der Waals surface area (Å²) in [6.45, 7) is 2.19. The molecular weight excluding hydrogens is 379 g/mol. The number of amides is 1. The number of benzene rings is 3. The Hall–Kier alpha value is -2.36. The first-order chi connectivity index (χ1) is 13.1. The van der Waals surface area contributed by atoms with E-state index in [1.165, 1.54) is 5.56 Å². The van der Waals surface area contributed by atoms with E-state index in [0.717, 1.165) is 47.0 Å². The van der Waals surface area contributed by atoms with Gasteiger partial charge in [0.1, 0.15) is 5.84 Å². The van der Waals surface area contributed by atoms with Crippen molar-refractivity contribution in [2.75, 3.05) is 4.90 Å². The predicted octanol–water partition coefficient (Wildman–Crippen LogP) is 6.54. The van der Waals surface area contributed by atoms with Crippen molar-refractivity contribution in [1.29, 1.82) is 0 Å². The number of carbonyl (C=O) groups excluding carboxylic acids is 1. The molecule has 0 bridgehead atoms. The number of hydrogen-bond donors (Lipinski definition) is 0. The summed E-state index contributed by atoms with van der Waals surface area (Å²) >= 11 is 12.4. The van der Waals surface area contributed by atoms with E-state index in [1.54, 1.807) is 17.0 Å². The number of aliphatic imine (C=N–C) groups is 1. The number of carbonyl (C=O) groups is 1. The topological polar surface area (TPSA) is 32.7 Å². The molecule has 0 radical (unpaired) electrons. The van der Waals surface area contributed by atoms with E-state index in [1.807, 2.05) is 12.1 Å². The minimum absolute atomic E-state index is 0.115. The van der Waals surface area contributed by atoms with E-state index in [9.17, 15) is 4.79 Å². The Bertz CT molecular complexity index is 1170. The van der Waals surface area contributed by atoms with Gasteiger partial charge >= 0.3 is 0 Å². The average Bonchev–Trinajstić information content (AvgIpc) is 2.92. The monoisotopic (exact) mass is 394 g/mol. The summed E-state index contributed by atoms with van der Waals surface area (Å²) in [7, 11) is 0. The Balaban J connectivity index is 1.77. The van der Waals surface area contributed by atoms with E-state index in [4.69, 9.17) is 28.2 Å². The molecule has 0 atom stereocenters. The molecule has 0 spiro atoms. The van der Waals surface area contributed by atoms with Crippen LogP contribution in [-0.4, -0.2) is 11.7 Å². The molecule has 0 fully saturated rings. The number of nitrogens with zero attached hydrogens (tertiary/aromatic N) is 2. The molecule has 2 aliphatic rings. The number of halogens is 2. The molecule has 3 aromatic rings. The van der Waals surface area contributed by atoms with Crippen LogP contribution in [0.25, 0.3) is 10.8 Å². The van der Waals surface area contributed by atoms with Gasteiger partial charge in [-0.25, -0.2) is 4.99 Å². The molecule has 2 aliphatic heterocycles. The lowest BCUT2D eigenvalue weighted by atomic mass is 9.98. The maximum absolute atomic E-state index is 13.1. The van der Waals surface area contributed by atoms with Crippen molar-refractivity contribution in [3.63, 3.8) is 0 Å². The molecule has 0 unspecified atom stereocenters. The number of hydrogen-bond acceptors (Lipinski definition) is 2. The number of unbranched alkanes of at least 4 members (excludes halogenated alkanes) is 1. The predicted molar refractivity (Wildman–Crippen MR) is 112 cm³/mol. The summed E-state index contributed by atoms with van der Waals surface area (Å²) in [6, 6.07) is 13.8. The summed E-state index contributed by atoms with van der Waals surface area (Å²) in [4.78, 5) is 19.7. The van der Waals surface area contributed by atoms with Crippen LogP contribution in [0.2, 0.25) is 10.0 Å². The number of rotatable bonds is 3. The van der Waals surface area contributed by atoms with Crippen molar-refractivity contribution < 1.29 is 4.79 Å². The Labute approximate surface area is 167 Å². The minimum Gasteiger partial charge on any atom is -0.268 e. The first-order valence-corrected chi connectivity index (χ1v) is 9.82. The van der Waals surface area contributed by atoms with Crippen LogP contribution in [0.15, 0.2) is 47.5 Å². The van der Waals surface area contributed by atoms with Crippen LogP contribution in [0, 0.1) is 0 Å². The third-order valence-electron chi connectivity index (χ3n) is 5.23. The number of fused-ring (bicyclic) bond motifs is 4. The molecule has 0 aromatic heterocycles. The normalized spacial score (nSPS) is 14.4. The lowest BCUT2D eigenvalue weighted by Gasteiger charge is -2.25. The highest BCUT2D eigenvalue weighted by atomic mass is 35.5. The zero-order chi connectivity index (χ0) is 18.7. The molecule has 3 aromatic carbocycles. The maximum atomic E-state index is 13.1. The van der Waals surface area contributed by atoms with Crippen LogP contribution in [0.3, 0.4) is 0 Å². The minimum atomic E-state index is -0.115. The molecule has 134 valence electrons. The maximum Gasteiger partial charge on any atom is 0.264 e. The SMILES string of the molecule is CCCCc1cc2c3c(cccc3c1)N1C(=O)c3cc(Cl)c(Cl)cc3C1=N2. The van der Waals surface area contributed by atoms with Gasteiger partial charge in [0.2, 0.25) is 0 Å². The van der Waals surface area contributed by atoms with Gasteiger partial charge in [0.15, 0.2) is 0 Å². The van der Waals surface area contributed by atoms with Gasteiger partial charge in [-0.05, 0) is 48.1 Å². The highest BCUT2D eigenvalue weighted by Gasteiger charge is 2.38. The van der Waals surface area contributed by atoms with Gasteiger partial charge in [0, 0.05) is 10.9 Å². The molecule has 0 saturated heterocycles. The van der Waals surface area contributed by atoms with E-state index >= 15 is 0 Å². The highest BCUT2D eigenvalue weighted by molar-refractivity contribution is 6.45. The van der Waals surface area contributed by atoms with Crippen LogP contribution >= 0.6 is 23.2 Å². The van der Waals surface area contributed by atoms with Crippen molar-refractivity contribution in [2.45, 2.75) is 26.2 Å². The molecule has 0 saturated carbocycles. The summed E-state index contributed by atoms with van der Waals surface area (Å²) in [5.41, 5.74) is 4.32. The summed E-state index contributed by atoms with van der Waals surface area (Å²) in [5, 5.41) is 2.92. The van der Waals surface area contributed by atoms with Gasteiger partial charge in [0.05, 0.1) is 27.0 Å². The fourth-order valence-electron chi connectivity index (χ4n) is 3.94. The van der Waals surface area contributed by atoms with Crippen LogP contribution in [0.1, 0.15) is 41.3 Å². The smallest absolute Gasteiger partial charge is 0.264 e. The Morgan fingerprint density at radius 3 is 2.59 bits per heavy atom. The molecule has 0 aliphatic carbocycles. The molecule has 3 nitrogen and oxygen atoms in total. The van der Waals surface area contributed by atoms with E-state index < -0.39 is 0 Å². The van der Waals surface area contributed by atoms with Crippen LogP contribution in [0.4, 0.5) is 11.4 Å². The van der Waals surface area contributed by atoms with E-state index in [2.05, 4.69) is 25.1 Å². The Morgan fingerprint density at radius 1 is 1.04 bits per heavy atom. The molecule has 1 amide bonds. The Morgan fingerprint density at radius 2 is 1.81 bits per heavy atom. The fourth-order valence-corrected chi connectivity index (χ4v) is 4.27. The summed E-state index contributed by atoms with van der Waals surface area (Å²) in [5.74, 6) is 0.511.